The summed E-state index contributed by atoms with van der Waals surface area (Å²) in [6, 6.07) is 41.0. The molecule has 0 bridgehead atoms. The smallest absolute Gasteiger partial charge is 0.507 e. The Kier molecular flexibility index (Phi) is 18.4. The van der Waals surface area contributed by atoms with Crippen molar-refractivity contribution in [2.45, 2.75) is 4.90 Å². The van der Waals surface area contributed by atoms with Gasteiger partial charge < -0.3 is 36.5 Å². The van der Waals surface area contributed by atoms with Crippen LogP contribution in [0.4, 0.5) is 22.7 Å². The van der Waals surface area contributed by atoms with Crippen LogP contribution in [0.3, 0.4) is 0 Å². The number of allylic oxidation sites excluding steroid dienone is 4. The molecule has 66 heavy (non-hydrogen) atoms. The molecule has 0 saturated heterocycles. The van der Waals surface area contributed by atoms with Gasteiger partial charge in [-0.15, -0.1) is 24.8 Å². The number of ketones is 1. The van der Waals surface area contributed by atoms with Gasteiger partial charge in [0.15, 0.2) is 5.75 Å². The van der Waals surface area contributed by atoms with E-state index in [9.17, 15) is 33.0 Å². The van der Waals surface area contributed by atoms with Gasteiger partial charge in [0, 0.05) is 17.1 Å². The molecule has 0 radical (unpaired) electrons. The van der Waals surface area contributed by atoms with Crippen molar-refractivity contribution in [3.05, 3.63) is 181 Å². The number of hydrogen-bond acceptors (Lipinski definition) is 14. The van der Waals surface area contributed by atoms with Gasteiger partial charge in [0.1, 0.15) is 11.5 Å². The maximum Gasteiger partial charge on any atom is 1.00 e. The normalized spacial score (nSPS) is 11.9. The molecule has 7 aromatic rings. The number of hydrazone groups is 1. The average molecular weight is 938 g/mol. The number of phenols is 3. The summed E-state index contributed by atoms with van der Waals surface area (Å²) in [6.45, 7) is 0. The number of nitrogens with two attached hydrogens (primary N) is 1. The van der Waals surface area contributed by atoms with Crippen LogP contribution in [0.2, 0.25) is 0 Å². The molecule has 8 rings (SSSR count). The van der Waals surface area contributed by atoms with Gasteiger partial charge in [-0.1, -0.05) is 91.0 Å². The van der Waals surface area contributed by atoms with E-state index in [1.54, 1.807) is 54.6 Å². The van der Waals surface area contributed by atoms with Crippen LogP contribution in [0.15, 0.2) is 174 Å². The second-order valence-corrected chi connectivity index (χ2v) is 15.0. The molecular weight excluding hydrogens is 902 g/mol. The maximum atomic E-state index is 12.9. The molecule has 330 valence electrons. The summed E-state index contributed by atoms with van der Waals surface area (Å²) in [4.78, 5) is 36.8. The second kappa shape index (κ2) is 23.9. The quantitative estimate of drug-likeness (QED) is 0.0213. The molecule has 0 aliphatic heterocycles. The number of benzene rings is 7. The van der Waals surface area contributed by atoms with Gasteiger partial charge in [0.2, 0.25) is 0 Å². The van der Waals surface area contributed by atoms with E-state index in [-0.39, 0.29) is 86.0 Å². The molecule has 0 unspecified atom stereocenters. The Bertz CT molecular complexity index is 3220. The Morgan fingerprint density at radius 1 is 0.652 bits per heavy atom. The van der Waals surface area contributed by atoms with Crippen LogP contribution in [0.1, 0.15) is 20.7 Å². The van der Waals surface area contributed by atoms with Crippen molar-refractivity contribution in [1.82, 2.24) is 0 Å². The average Bonchev–Trinajstić information content (AvgIpc) is 3.27. The van der Waals surface area contributed by atoms with Crippen LogP contribution in [-0.2, 0) is 25.5 Å². The summed E-state index contributed by atoms with van der Waals surface area (Å²) >= 11 is 0. The third-order valence-electron chi connectivity index (χ3n) is 8.84. The fraction of sp³-hybridized carbons (Fsp3) is 0. The van der Waals surface area contributed by atoms with Crippen molar-refractivity contribution in [3.63, 3.8) is 0 Å². The van der Waals surface area contributed by atoms with Crippen molar-refractivity contribution in [3.8, 4) is 17.2 Å². The van der Waals surface area contributed by atoms with E-state index in [1.807, 2.05) is 72.8 Å². The summed E-state index contributed by atoms with van der Waals surface area (Å²) in [7, 11) is -7.34. The van der Waals surface area contributed by atoms with Gasteiger partial charge in [-0.25, -0.2) is 5.10 Å². The zero-order valence-corrected chi connectivity index (χ0v) is 38.1. The number of para-hydroxylation sites is 2. The minimum absolute atomic E-state index is 0. The number of phenolic OH excluding ortho intramolecular Hbond substituents is 3. The maximum absolute atomic E-state index is 12.9. The number of nitrogen functional groups attached to an aromatic ring is 1. The molecule has 1 aliphatic carbocycles. The summed E-state index contributed by atoms with van der Waals surface area (Å²) in [5, 5.41) is 42.3. The van der Waals surface area contributed by atoms with Gasteiger partial charge in [-0.2, -0.15) is 20.6 Å². The van der Waals surface area contributed by atoms with Gasteiger partial charge >= 0.3 is 40.2 Å². The molecule has 0 fully saturated rings. The third-order valence-corrected chi connectivity index (χ3v) is 9.69. The Morgan fingerprint density at radius 2 is 1.15 bits per heavy atom. The molecule has 20 heteroatoms. The summed E-state index contributed by atoms with van der Waals surface area (Å²) in [5.41, 5.74) is 9.88. The van der Waals surface area contributed by atoms with Crippen LogP contribution in [0, 0.1) is 6.08 Å². The SMILES string of the molecule is Nc1cc(S(=O)(=O)O)ccc1O.O=C(Nc1ccccc1)c1c(O)ccc2ccccc12.O=C1C=C[C-]=CC1=NNc1cc2ccccc2c(C(=O)Nc2ccccc2)c1O.O=S(=O)=O.[Na+]. The van der Waals surface area contributed by atoms with Crippen LogP contribution >= 0.6 is 0 Å². The molecule has 0 heterocycles. The van der Waals surface area contributed by atoms with Gasteiger partial charge in [-0.05, 0) is 76.1 Å². The van der Waals surface area contributed by atoms with Crippen molar-refractivity contribution in [2.24, 2.45) is 5.10 Å². The van der Waals surface area contributed by atoms with E-state index in [2.05, 4.69) is 27.2 Å². The Morgan fingerprint density at radius 3 is 1.70 bits per heavy atom. The molecule has 1 aliphatic rings. The van der Waals surface area contributed by atoms with Crippen molar-refractivity contribution >= 4 is 88.3 Å². The van der Waals surface area contributed by atoms with E-state index in [4.69, 9.17) is 28.0 Å². The second-order valence-electron chi connectivity index (χ2n) is 13.2. The number of fused-ring (bicyclic) bond motifs is 2. The zero-order valence-electron chi connectivity index (χ0n) is 34.5. The summed E-state index contributed by atoms with van der Waals surface area (Å²) in [5.74, 6) is -1.54. The van der Waals surface area contributed by atoms with Gasteiger partial charge in [0.25, 0.3) is 21.9 Å². The van der Waals surface area contributed by atoms with E-state index in [0.29, 0.717) is 22.3 Å². The molecular formula is C46H36N5NaO12S2. The first-order valence-corrected chi connectivity index (χ1v) is 21.1. The van der Waals surface area contributed by atoms with Crippen molar-refractivity contribution in [2.75, 3.05) is 21.8 Å². The zero-order chi connectivity index (χ0) is 47.1. The standard InChI is InChI=1S/C23H16N3O3.C17H13NO2.C6H7NO4S.Na.O3S/c27-20-13-7-6-12-18(20)25-26-19-14-15-8-4-5-11-17(15)21(22(19)28)23(29)24-16-9-2-1-3-10-16;19-15-11-10-12-6-4-5-9-14(12)16(15)17(20)18-13-7-2-1-3-8-13;7-5-3-4(12(9,10)11)1-2-6(5)8;;1-4(2)3/h1-5,7-14,26,28H,(H,24,29);1-11,19H,(H,18,20);1-3,8H,7H2,(H,9,10,11);;/q-1;;;+1;. The molecule has 2 amide bonds. The number of hydrogen-bond donors (Lipinski definition) is 8. The number of aromatic hydroxyl groups is 3. The molecule has 0 aromatic heterocycles. The third kappa shape index (κ3) is 14.2. The van der Waals surface area contributed by atoms with Crippen LogP contribution in [0.25, 0.3) is 21.5 Å². The van der Waals surface area contributed by atoms with E-state index < -0.39 is 26.6 Å². The first kappa shape index (κ1) is 51.0. The fourth-order valence-corrected chi connectivity index (χ4v) is 6.40. The number of amides is 2. The summed E-state index contributed by atoms with van der Waals surface area (Å²) < 4.78 is 54.9. The first-order valence-electron chi connectivity index (χ1n) is 18.7. The molecule has 0 atom stereocenters. The minimum Gasteiger partial charge on any atom is -0.507 e. The van der Waals surface area contributed by atoms with Crippen LogP contribution < -0.4 is 51.4 Å². The van der Waals surface area contributed by atoms with E-state index in [1.165, 1.54) is 18.2 Å². The van der Waals surface area contributed by atoms with Gasteiger partial charge in [0.05, 0.1) is 33.2 Å². The van der Waals surface area contributed by atoms with E-state index in [0.717, 1.165) is 34.4 Å². The molecule has 17 nitrogen and oxygen atoms in total. The molecule has 0 spiro atoms. The van der Waals surface area contributed by atoms with Crippen LogP contribution in [0.5, 0.6) is 17.2 Å². The Labute approximate surface area is 400 Å². The molecule has 0 saturated carbocycles. The predicted molar refractivity (Wildman–Crippen MR) is 245 cm³/mol. The molecule has 7 aromatic carbocycles. The molecule has 9 N–H and O–H groups in total. The van der Waals surface area contributed by atoms with Gasteiger partial charge in [-0.3, -0.25) is 19.6 Å². The number of anilines is 4. The fourth-order valence-electron chi connectivity index (χ4n) is 5.89. The number of carbonyl (C=O) groups excluding carboxylic acids is 3. The van der Waals surface area contributed by atoms with Crippen molar-refractivity contribution < 1.29 is 84.9 Å². The Hall–Kier alpha value is -7.65. The monoisotopic (exact) mass is 937 g/mol. The van der Waals surface area contributed by atoms with E-state index >= 15 is 0 Å². The topological polar surface area (TPSA) is 292 Å². The minimum atomic E-state index is -4.23. The number of nitrogens with zero attached hydrogens (tertiary/aromatic N) is 1. The summed E-state index contributed by atoms with van der Waals surface area (Å²) in [6.07, 6.45) is 7.07. The number of rotatable bonds is 7. The largest absolute Gasteiger partial charge is 1.00 e. The van der Waals surface area contributed by atoms with Crippen LogP contribution in [-0.4, -0.2) is 64.2 Å². The number of nitrogens with one attached hydrogen (secondary N) is 3. The van der Waals surface area contributed by atoms with Crippen molar-refractivity contribution in [1.29, 1.82) is 0 Å². The number of carbonyl (C=O) groups is 3. The predicted octanol–water partition coefficient (Wildman–Crippen LogP) is 4.08. The first-order chi connectivity index (χ1) is 31.0. The Balaban J connectivity index is 0.000000223.